The quantitative estimate of drug-likeness (QED) is 0.686. The van der Waals surface area contributed by atoms with Gasteiger partial charge in [0.1, 0.15) is 4.21 Å². The summed E-state index contributed by atoms with van der Waals surface area (Å²) in [5, 5.41) is 1.70. The van der Waals surface area contributed by atoms with Gasteiger partial charge < -0.3 is 9.47 Å². The lowest BCUT2D eigenvalue weighted by Crippen LogP contribution is -2.50. The van der Waals surface area contributed by atoms with Crippen LogP contribution >= 0.6 is 11.3 Å². The maximum atomic E-state index is 12.9. The third kappa shape index (κ3) is 3.83. The number of sulfonamides is 2. The van der Waals surface area contributed by atoms with Crippen LogP contribution in [0.3, 0.4) is 0 Å². The molecule has 27 heavy (non-hydrogen) atoms. The van der Waals surface area contributed by atoms with Gasteiger partial charge in [-0.3, -0.25) is 0 Å². The fraction of sp³-hybridized carbons (Fsp3) is 0.375. The lowest BCUT2D eigenvalue weighted by Gasteiger charge is -2.33. The van der Waals surface area contributed by atoms with E-state index in [9.17, 15) is 16.8 Å². The van der Waals surface area contributed by atoms with Gasteiger partial charge in [0.15, 0.2) is 11.5 Å². The molecule has 1 aromatic heterocycles. The Morgan fingerprint density at radius 1 is 0.852 bits per heavy atom. The molecule has 1 aromatic carbocycles. The molecule has 1 aliphatic rings. The molecule has 8 nitrogen and oxygen atoms in total. The topological polar surface area (TPSA) is 93.2 Å². The first-order valence-electron chi connectivity index (χ1n) is 8.06. The third-order valence-electron chi connectivity index (χ3n) is 4.28. The molecule has 0 unspecified atom stereocenters. The summed E-state index contributed by atoms with van der Waals surface area (Å²) in [4.78, 5) is 0.0784. The molecule has 11 heteroatoms. The molecule has 0 aliphatic carbocycles. The fourth-order valence-electron chi connectivity index (χ4n) is 2.81. The maximum absolute atomic E-state index is 12.9. The average Bonchev–Trinajstić information content (AvgIpc) is 3.23. The number of rotatable bonds is 6. The van der Waals surface area contributed by atoms with Gasteiger partial charge in [-0.15, -0.1) is 11.3 Å². The van der Waals surface area contributed by atoms with Crippen molar-refractivity contribution in [2.75, 3.05) is 40.4 Å². The second-order valence-electron chi connectivity index (χ2n) is 5.76. The summed E-state index contributed by atoms with van der Waals surface area (Å²) in [6.45, 7) is 0.377. The Labute approximate surface area is 163 Å². The van der Waals surface area contributed by atoms with Crippen molar-refractivity contribution in [1.29, 1.82) is 0 Å². The molecular weight excluding hydrogens is 412 g/mol. The minimum atomic E-state index is -3.76. The molecule has 148 valence electrons. The smallest absolute Gasteiger partial charge is 0.252 e. The molecule has 0 bridgehead atoms. The van der Waals surface area contributed by atoms with Crippen molar-refractivity contribution in [1.82, 2.24) is 8.61 Å². The predicted molar refractivity (Wildman–Crippen MR) is 101 cm³/mol. The summed E-state index contributed by atoms with van der Waals surface area (Å²) in [5.41, 5.74) is 0. The second-order valence-corrected chi connectivity index (χ2v) is 10.8. The van der Waals surface area contributed by atoms with Crippen molar-refractivity contribution < 1.29 is 26.3 Å². The Morgan fingerprint density at radius 2 is 1.44 bits per heavy atom. The largest absolute Gasteiger partial charge is 0.493 e. The van der Waals surface area contributed by atoms with Gasteiger partial charge in [0.25, 0.3) is 10.0 Å². The van der Waals surface area contributed by atoms with Crippen LogP contribution in [0.5, 0.6) is 11.5 Å². The zero-order valence-electron chi connectivity index (χ0n) is 14.9. The van der Waals surface area contributed by atoms with E-state index >= 15 is 0 Å². The molecule has 1 fully saturated rings. The Hall–Kier alpha value is -1.66. The first-order valence-corrected chi connectivity index (χ1v) is 11.8. The highest BCUT2D eigenvalue weighted by atomic mass is 32.2. The van der Waals surface area contributed by atoms with E-state index in [0.29, 0.717) is 11.5 Å². The van der Waals surface area contributed by atoms with Crippen LogP contribution in [0.4, 0.5) is 0 Å². The van der Waals surface area contributed by atoms with E-state index in [4.69, 9.17) is 9.47 Å². The molecule has 3 rings (SSSR count). The molecule has 1 saturated heterocycles. The molecule has 2 aromatic rings. The van der Waals surface area contributed by atoms with Crippen LogP contribution in [-0.2, 0) is 20.0 Å². The number of methoxy groups -OCH3 is 2. The van der Waals surface area contributed by atoms with Crippen LogP contribution in [0, 0.1) is 0 Å². The maximum Gasteiger partial charge on any atom is 0.252 e. The lowest BCUT2D eigenvalue weighted by atomic mass is 10.3. The van der Waals surface area contributed by atoms with Crippen LogP contribution in [0.15, 0.2) is 44.8 Å². The molecule has 0 N–H and O–H groups in total. The molecule has 0 atom stereocenters. The Morgan fingerprint density at radius 3 is 1.96 bits per heavy atom. The zero-order valence-corrected chi connectivity index (χ0v) is 17.3. The van der Waals surface area contributed by atoms with E-state index in [1.807, 2.05) is 0 Å². The van der Waals surface area contributed by atoms with Gasteiger partial charge in [0, 0.05) is 32.2 Å². The van der Waals surface area contributed by atoms with E-state index in [0.717, 1.165) is 11.3 Å². The van der Waals surface area contributed by atoms with Gasteiger partial charge >= 0.3 is 0 Å². The van der Waals surface area contributed by atoms with Crippen LogP contribution in [0.1, 0.15) is 0 Å². The third-order valence-corrected chi connectivity index (χ3v) is 9.45. The highest BCUT2D eigenvalue weighted by Gasteiger charge is 2.34. The highest BCUT2D eigenvalue weighted by molar-refractivity contribution is 7.91. The van der Waals surface area contributed by atoms with Crippen LogP contribution in [0.2, 0.25) is 0 Å². The Balaban J connectivity index is 1.77. The SMILES string of the molecule is COc1ccc(S(=O)(=O)N2CCN(S(=O)(=O)c3cccs3)CC2)cc1OC. The number of thiophene rings is 1. The van der Waals surface area contributed by atoms with Gasteiger partial charge in [-0.2, -0.15) is 8.61 Å². The number of benzene rings is 1. The minimum Gasteiger partial charge on any atom is -0.493 e. The van der Waals surface area contributed by atoms with Gasteiger partial charge in [0.05, 0.1) is 19.1 Å². The molecule has 0 amide bonds. The lowest BCUT2D eigenvalue weighted by molar-refractivity contribution is 0.273. The summed E-state index contributed by atoms with van der Waals surface area (Å²) in [6.07, 6.45) is 0. The average molecular weight is 433 g/mol. The van der Waals surface area contributed by atoms with Crippen molar-refractivity contribution in [3.63, 3.8) is 0 Å². The Kier molecular flexibility index (Phi) is 5.77. The predicted octanol–water partition coefficient (Wildman–Crippen LogP) is 1.46. The van der Waals surface area contributed by atoms with Gasteiger partial charge in [-0.05, 0) is 23.6 Å². The molecule has 0 radical (unpaired) electrons. The monoisotopic (exact) mass is 432 g/mol. The van der Waals surface area contributed by atoms with E-state index in [1.54, 1.807) is 17.5 Å². The van der Waals surface area contributed by atoms with Crippen molar-refractivity contribution in [3.8, 4) is 11.5 Å². The van der Waals surface area contributed by atoms with Crippen molar-refractivity contribution in [3.05, 3.63) is 35.7 Å². The van der Waals surface area contributed by atoms with E-state index < -0.39 is 20.0 Å². The van der Waals surface area contributed by atoms with Crippen molar-refractivity contribution >= 4 is 31.4 Å². The minimum absolute atomic E-state index is 0.0784. The first kappa shape index (κ1) is 20.1. The van der Waals surface area contributed by atoms with E-state index in [2.05, 4.69) is 0 Å². The molecule has 2 heterocycles. The molecule has 1 aliphatic heterocycles. The normalized spacial score (nSPS) is 17.0. The van der Waals surface area contributed by atoms with E-state index in [-0.39, 0.29) is 35.3 Å². The van der Waals surface area contributed by atoms with Crippen molar-refractivity contribution in [2.45, 2.75) is 9.10 Å². The summed E-state index contributed by atoms with van der Waals surface area (Å²) in [5.74, 6) is 0.751. The van der Waals surface area contributed by atoms with Gasteiger partial charge in [0.2, 0.25) is 10.0 Å². The Bertz CT molecular complexity index is 995. The first-order chi connectivity index (χ1) is 12.8. The van der Waals surface area contributed by atoms with Crippen molar-refractivity contribution in [2.24, 2.45) is 0 Å². The number of hydrogen-bond donors (Lipinski definition) is 0. The highest BCUT2D eigenvalue weighted by Crippen LogP contribution is 2.31. The molecule has 0 saturated carbocycles. The zero-order chi connectivity index (χ0) is 19.7. The van der Waals surface area contributed by atoms with E-state index in [1.165, 1.54) is 41.0 Å². The standard InChI is InChI=1S/C16H20N2O6S3/c1-23-14-6-5-13(12-15(14)24-2)26(19,20)17-7-9-18(10-8-17)27(21,22)16-4-3-11-25-16/h3-6,11-12H,7-10H2,1-2H3. The molecular formula is C16H20N2O6S3. The summed E-state index contributed by atoms with van der Waals surface area (Å²) in [7, 11) is -4.44. The number of piperazine rings is 1. The van der Waals surface area contributed by atoms with Crippen LogP contribution in [-0.4, -0.2) is 65.8 Å². The van der Waals surface area contributed by atoms with Gasteiger partial charge in [-0.1, -0.05) is 6.07 Å². The van der Waals surface area contributed by atoms with Gasteiger partial charge in [-0.25, -0.2) is 16.8 Å². The summed E-state index contributed by atoms with van der Waals surface area (Å²) >= 11 is 1.15. The fourth-order valence-corrected chi connectivity index (χ4v) is 6.82. The van der Waals surface area contributed by atoms with Crippen LogP contribution in [0.25, 0.3) is 0 Å². The van der Waals surface area contributed by atoms with Crippen LogP contribution < -0.4 is 9.47 Å². The number of ether oxygens (including phenoxy) is 2. The molecule has 0 spiro atoms. The summed E-state index contributed by atoms with van der Waals surface area (Å²) < 4.78 is 64.1. The second kappa shape index (κ2) is 7.76. The summed E-state index contributed by atoms with van der Waals surface area (Å²) in [6, 6.07) is 7.61. The number of nitrogens with zero attached hydrogens (tertiary/aromatic N) is 2. The number of hydrogen-bond acceptors (Lipinski definition) is 7.